The van der Waals surface area contributed by atoms with E-state index < -0.39 is 0 Å². The van der Waals surface area contributed by atoms with Crippen LogP contribution >= 0.6 is 31.9 Å². The van der Waals surface area contributed by atoms with Crippen molar-refractivity contribution in [3.63, 3.8) is 0 Å². The molecule has 15 heavy (non-hydrogen) atoms. The molecule has 1 fully saturated rings. The number of ether oxygens (including phenoxy) is 1. The van der Waals surface area contributed by atoms with Gasteiger partial charge < -0.3 is 4.74 Å². The molecule has 0 radical (unpaired) electrons. The largest absolute Gasteiger partial charge is 0.374 e. The molecule has 0 aromatic heterocycles. The van der Waals surface area contributed by atoms with Gasteiger partial charge in [0.2, 0.25) is 0 Å². The van der Waals surface area contributed by atoms with E-state index in [0.29, 0.717) is 0 Å². The van der Waals surface area contributed by atoms with Crippen LogP contribution in [0, 0.1) is 0 Å². The van der Waals surface area contributed by atoms with E-state index in [4.69, 9.17) is 4.74 Å². The molecule has 1 aromatic rings. The van der Waals surface area contributed by atoms with Gasteiger partial charge in [0.05, 0.1) is 10.4 Å². The third kappa shape index (κ3) is 2.45. The van der Waals surface area contributed by atoms with Crippen molar-refractivity contribution >= 4 is 31.9 Å². The van der Waals surface area contributed by atoms with E-state index in [1.165, 1.54) is 5.56 Å². The van der Waals surface area contributed by atoms with Crippen molar-refractivity contribution in [2.75, 3.05) is 6.61 Å². The van der Waals surface area contributed by atoms with Gasteiger partial charge in [-0.25, -0.2) is 0 Å². The van der Waals surface area contributed by atoms with Crippen molar-refractivity contribution in [3.05, 3.63) is 34.3 Å². The van der Waals surface area contributed by atoms with Crippen molar-refractivity contribution in [2.24, 2.45) is 0 Å². The monoisotopic (exact) mass is 332 g/mol. The molecule has 0 bridgehead atoms. The van der Waals surface area contributed by atoms with Crippen molar-refractivity contribution in [2.45, 2.75) is 30.2 Å². The van der Waals surface area contributed by atoms with E-state index in [2.05, 4.69) is 63.0 Å². The average molecular weight is 334 g/mol. The van der Waals surface area contributed by atoms with Gasteiger partial charge in [-0.05, 0) is 37.5 Å². The van der Waals surface area contributed by atoms with Crippen LogP contribution in [0.3, 0.4) is 0 Å². The predicted molar refractivity (Wildman–Crippen MR) is 69.4 cm³/mol. The smallest absolute Gasteiger partial charge is 0.0820 e. The maximum absolute atomic E-state index is 5.83. The van der Waals surface area contributed by atoms with E-state index in [1.54, 1.807) is 0 Å². The number of halogens is 2. The van der Waals surface area contributed by atoms with Crippen LogP contribution in [0.4, 0.5) is 0 Å². The van der Waals surface area contributed by atoms with Crippen LogP contribution in [0.5, 0.6) is 0 Å². The molecule has 0 saturated carbocycles. The van der Waals surface area contributed by atoms with Crippen LogP contribution in [0.25, 0.3) is 0 Å². The Kier molecular flexibility index (Phi) is 3.53. The quantitative estimate of drug-likeness (QED) is 0.726. The Balaban J connectivity index is 2.19. The summed E-state index contributed by atoms with van der Waals surface area (Å²) in [7, 11) is 0. The maximum Gasteiger partial charge on any atom is 0.0820 e. The molecule has 2 atom stereocenters. The summed E-state index contributed by atoms with van der Waals surface area (Å²) in [6.45, 7) is 3.07. The number of rotatable bonds is 2. The summed E-state index contributed by atoms with van der Waals surface area (Å²) >= 11 is 7.20. The van der Waals surface area contributed by atoms with Gasteiger partial charge in [0.15, 0.2) is 0 Å². The Bertz CT molecular complexity index is 328. The highest BCUT2D eigenvalue weighted by molar-refractivity contribution is 9.10. The molecular formula is C12H14Br2O. The van der Waals surface area contributed by atoms with Crippen LogP contribution in [-0.2, 0) is 4.74 Å². The summed E-state index contributed by atoms with van der Waals surface area (Å²) in [5.74, 6) is 0. The van der Waals surface area contributed by atoms with E-state index in [0.717, 1.165) is 23.9 Å². The summed E-state index contributed by atoms with van der Waals surface area (Å²) in [6.07, 6.45) is 2.29. The molecule has 2 rings (SSSR count). The van der Waals surface area contributed by atoms with Gasteiger partial charge in [-0.1, -0.05) is 44.0 Å². The third-order valence-corrected chi connectivity index (χ3v) is 4.97. The SMILES string of the molecule is CC1(C(Br)c2ccc(Br)cc2)CCCO1. The van der Waals surface area contributed by atoms with Crippen molar-refractivity contribution in [1.82, 2.24) is 0 Å². The fourth-order valence-corrected chi connectivity index (χ4v) is 2.92. The molecule has 1 aliphatic rings. The van der Waals surface area contributed by atoms with Crippen molar-refractivity contribution < 1.29 is 4.74 Å². The summed E-state index contributed by atoms with van der Waals surface area (Å²) in [5, 5.41) is 0. The zero-order chi connectivity index (χ0) is 10.9. The second kappa shape index (κ2) is 4.56. The highest BCUT2D eigenvalue weighted by Gasteiger charge is 2.37. The van der Waals surface area contributed by atoms with Gasteiger partial charge in [0.1, 0.15) is 0 Å². The van der Waals surface area contributed by atoms with Gasteiger partial charge in [0.25, 0.3) is 0 Å². The van der Waals surface area contributed by atoms with Gasteiger partial charge in [-0.2, -0.15) is 0 Å². The fourth-order valence-electron chi connectivity index (χ4n) is 1.98. The first-order valence-electron chi connectivity index (χ1n) is 5.15. The van der Waals surface area contributed by atoms with Gasteiger partial charge in [-0.3, -0.25) is 0 Å². The molecule has 0 N–H and O–H groups in total. The van der Waals surface area contributed by atoms with Crippen LogP contribution in [0.1, 0.15) is 30.2 Å². The summed E-state index contributed by atoms with van der Waals surface area (Å²) < 4.78 is 6.94. The predicted octanol–water partition coefficient (Wildman–Crippen LogP) is 4.45. The Morgan fingerprint density at radius 1 is 1.33 bits per heavy atom. The molecular weight excluding hydrogens is 320 g/mol. The molecule has 1 heterocycles. The first kappa shape index (κ1) is 11.6. The van der Waals surface area contributed by atoms with Crippen LogP contribution < -0.4 is 0 Å². The first-order valence-corrected chi connectivity index (χ1v) is 6.86. The molecule has 0 spiro atoms. The number of hydrogen-bond acceptors (Lipinski definition) is 1. The summed E-state index contributed by atoms with van der Waals surface area (Å²) in [5.41, 5.74) is 1.23. The molecule has 2 unspecified atom stereocenters. The Morgan fingerprint density at radius 2 is 2.00 bits per heavy atom. The molecule has 82 valence electrons. The number of hydrogen-bond donors (Lipinski definition) is 0. The van der Waals surface area contributed by atoms with E-state index in [1.807, 2.05) is 0 Å². The zero-order valence-corrected chi connectivity index (χ0v) is 11.8. The minimum absolute atomic E-state index is 0.0478. The minimum atomic E-state index is -0.0478. The lowest BCUT2D eigenvalue weighted by molar-refractivity contribution is 0.0197. The third-order valence-electron chi connectivity index (χ3n) is 2.95. The number of alkyl halides is 1. The second-order valence-corrected chi connectivity index (χ2v) is 6.01. The summed E-state index contributed by atoms with van der Waals surface area (Å²) in [6, 6.07) is 8.41. The first-order chi connectivity index (χ1) is 7.12. The van der Waals surface area contributed by atoms with Crippen LogP contribution in [0.15, 0.2) is 28.7 Å². The Morgan fingerprint density at radius 3 is 2.53 bits per heavy atom. The highest BCUT2D eigenvalue weighted by Crippen LogP contribution is 2.43. The topological polar surface area (TPSA) is 9.23 Å². The fraction of sp³-hybridized carbons (Fsp3) is 0.500. The zero-order valence-electron chi connectivity index (χ0n) is 8.67. The lowest BCUT2D eigenvalue weighted by Crippen LogP contribution is -2.28. The second-order valence-electron chi connectivity index (χ2n) is 4.18. The molecule has 1 saturated heterocycles. The molecule has 3 heteroatoms. The minimum Gasteiger partial charge on any atom is -0.374 e. The Hall–Kier alpha value is 0.140. The maximum atomic E-state index is 5.83. The van der Waals surface area contributed by atoms with Crippen LogP contribution in [0.2, 0.25) is 0 Å². The average Bonchev–Trinajstić information content (AvgIpc) is 2.67. The van der Waals surface area contributed by atoms with E-state index in [-0.39, 0.29) is 10.4 Å². The standard InChI is InChI=1S/C12H14Br2O/c1-12(7-2-8-15-12)11(14)9-3-5-10(13)6-4-9/h3-6,11H,2,7-8H2,1H3. The lowest BCUT2D eigenvalue weighted by atomic mass is 9.93. The molecule has 1 aromatic carbocycles. The molecule has 1 aliphatic heterocycles. The molecule has 1 nitrogen and oxygen atoms in total. The highest BCUT2D eigenvalue weighted by atomic mass is 79.9. The number of benzene rings is 1. The van der Waals surface area contributed by atoms with Crippen molar-refractivity contribution in [1.29, 1.82) is 0 Å². The van der Waals surface area contributed by atoms with Crippen molar-refractivity contribution in [3.8, 4) is 0 Å². The normalized spacial score (nSPS) is 27.9. The van der Waals surface area contributed by atoms with E-state index >= 15 is 0 Å². The van der Waals surface area contributed by atoms with Gasteiger partial charge in [0, 0.05) is 11.1 Å². The molecule has 0 amide bonds. The van der Waals surface area contributed by atoms with Crippen LogP contribution in [-0.4, -0.2) is 12.2 Å². The van der Waals surface area contributed by atoms with Gasteiger partial charge >= 0.3 is 0 Å². The lowest BCUT2D eigenvalue weighted by Gasteiger charge is -2.29. The van der Waals surface area contributed by atoms with Gasteiger partial charge in [-0.15, -0.1) is 0 Å². The summed E-state index contributed by atoms with van der Waals surface area (Å²) in [4.78, 5) is 0.278. The van der Waals surface area contributed by atoms with E-state index in [9.17, 15) is 0 Å². The Labute approximate surface area is 107 Å². The molecule has 0 aliphatic carbocycles.